The fourth-order valence-electron chi connectivity index (χ4n) is 2.79. The second kappa shape index (κ2) is 8.72. The molecule has 2 aromatic rings. The maximum atomic E-state index is 11.9. The first-order valence-electron chi connectivity index (χ1n) is 8.75. The van der Waals surface area contributed by atoms with Crippen molar-refractivity contribution in [2.75, 3.05) is 25.0 Å². The van der Waals surface area contributed by atoms with Gasteiger partial charge in [-0.25, -0.2) is 4.79 Å². The Morgan fingerprint density at radius 2 is 1.78 bits per heavy atom. The largest absolute Gasteiger partial charge is 0.456 e. The molecule has 0 atom stereocenters. The lowest BCUT2D eigenvalue weighted by Gasteiger charge is -2.15. The SMILES string of the molecule is N#Cc1ccccc1Oc1ccc(NC(=O)NCC(=O)N2CCCC2)cc1. The summed E-state index contributed by atoms with van der Waals surface area (Å²) in [5.74, 6) is 0.953. The summed E-state index contributed by atoms with van der Waals surface area (Å²) in [5.41, 5.74) is 1.02. The number of amides is 3. The summed E-state index contributed by atoms with van der Waals surface area (Å²) < 4.78 is 5.70. The van der Waals surface area contributed by atoms with Crippen molar-refractivity contribution in [1.82, 2.24) is 10.2 Å². The van der Waals surface area contributed by atoms with E-state index in [1.54, 1.807) is 53.4 Å². The van der Waals surface area contributed by atoms with Gasteiger partial charge in [0.2, 0.25) is 5.91 Å². The molecule has 0 bridgehead atoms. The fourth-order valence-corrected chi connectivity index (χ4v) is 2.79. The van der Waals surface area contributed by atoms with Crippen LogP contribution in [-0.4, -0.2) is 36.5 Å². The van der Waals surface area contributed by atoms with Gasteiger partial charge in [-0.05, 0) is 49.2 Å². The molecule has 0 spiro atoms. The van der Waals surface area contributed by atoms with Gasteiger partial charge in [0, 0.05) is 18.8 Å². The molecule has 1 aliphatic rings. The molecule has 1 aliphatic heterocycles. The van der Waals surface area contributed by atoms with Crippen LogP contribution in [0.1, 0.15) is 18.4 Å². The molecule has 1 saturated heterocycles. The third-order valence-corrected chi connectivity index (χ3v) is 4.21. The average molecular weight is 364 g/mol. The fraction of sp³-hybridized carbons (Fsp3) is 0.250. The lowest BCUT2D eigenvalue weighted by atomic mass is 10.2. The van der Waals surface area contributed by atoms with Gasteiger partial charge in [-0.15, -0.1) is 0 Å². The summed E-state index contributed by atoms with van der Waals surface area (Å²) in [4.78, 5) is 25.6. The van der Waals surface area contributed by atoms with E-state index >= 15 is 0 Å². The number of ether oxygens (including phenoxy) is 1. The Balaban J connectivity index is 1.50. The summed E-state index contributed by atoms with van der Waals surface area (Å²) in [5, 5.41) is 14.3. The number of hydrogen-bond donors (Lipinski definition) is 2. The number of anilines is 1. The van der Waals surface area contributed by atoms with Crippen molar-refractivity contribution in [1.29, 1.82) is 5.26 Å². The topological polar surface area (TPSA) is 94.5 Å². The van der Waals surface area contributed by atoms with Gasteiger partial charge in [0.15, 0.2) is 0 Å². The molecule has 0 saturated carbocycles. The second-order valence-electron chi connectivity index (χ2n) is 6.13. The van der Waals surface area contributed by atoms with Crippen LogP contribution in [0.5, 0.6) is 11.5 Å². The highest BCUT2D eigenvalue weighted by molar-refractivity contribution is 5.92. The van der Waals surface area contributed by atoms with E-state index in [1.165, 1.54) is 0 Å². The van der Waals surface area contributed by atoms with E-state index in [-0.39, 0.29) is 12.5 Å². The van der Waals surface area contributed by atoms with Crippen molar-refractivity contribution >= 4 is 17.6 Å². The first-order valence-corrected chi connectivity index (χ1v) is 8.75. The Kier molecular flexibility index (Phi) is 5.90. The van der Waals surface area contributed by atoms with Crippen molar-refractivity contribution in [2.24, 2.45) is 0 Å². The molecule has 3 rings (SSSR count). The predicted octanol–water partition coefficient (Wildman–Crippen LogP) is 3.09. The molecule has 0 unspecified atom stereocenters. The van der Waals surface area contributed by atoms with Crippen LogP contribution in [0.2, 0.25) is 0 Å². The summed E-state index contributed by atoms with van der Waals surface area (Å²) in [6, 6.07) is 15.4. The van der Waals surface area contributed by atoms with Crippen LogP contribution in [0.15, 0.2) is 48.5 Å². The normalized spacial score (nSPS) is 12.9. The summed E-state index contributed by atoms with van der Waals surface area (Å²) in [6.07, 6.45) is 2.04. The van der Waals surface area contributed by atoms with Crippen molar-refractivity contribution in [2.45, 2.75) is 12.8 Å². The van der Waals surface area contributed by atoms with E-state index in [0.29, 0.717) is 22.7 Å². The molecule has 1 fully saturated rings. The number of hydrogen-bond acceptors (Lipinski definition) is 4. The Bertz CT molecular complexity index is 852. The standard InChI is InChI=1S/C20H20N4O3/c21-13-15-5-1-2-6-18(15)27-17-9-7-16(8-10-17)23-20(26)22-14-19(25)24-11-3-4-12-24/h1-2,5-10H,3-4,11-12,14H2,(H2,22,23,26). The molecule has 0 aromatic heterocycles. The molecule has 1 heterocycles. The van der Waals surface area contributed by atoms with Crippen molar-refractivity contribution < 1.29 is 14.3 Å². The number of carbonyl (C=O) groups is 2. The van der Waals surface area contributed by atoms with Crippen LogP contribution in [0.3, 0.4) is 0 Å². The molecular formula is C20H20N4O3. The van der Waals surface area contributed by atoms with Crippen molar-refractivity contribution in [3.05, 3.63) is 54.1 Å². The Morgan fingerprint density at radius 3 is 2.48 bits per heavy atom. The summed E-state index contributed by atoms with van der Waals surface area (Å²) in [6.45, 7) is 1.51. The third kappa shape index (κ3) is 4.98. The van der Waals surface area contributed by atoms with Gasteiger partial charge in [0.1, 0.15) is 17.6 Å². The summed E-state index contributed by atoms with van der Waals surface area (Å²) in [7, 11) is 0. The van der Waals surface area contributed by atoms with Gasteiger partial charge in [0.05, 0.1) is 12.1 Å². The quantitative estimate of drug-likeness (QED) is 0.852. The monoisotopic (exact) mass is 364 g/mol. The van der Waals surface area contributed by atoms with Gasteiger partial charge in [-0.1, -0.05) is 12.1 Å². The number of urea groups is 1. The first-order chi connectivity index (χ1) is 13.2. The minimum absolute atomic E-state index is 0.0159. The number of rotatable bonds is 5. The van der Waals surface area contributed by atoms with Gasteiger partial charge >= 0.3 is 6.03 Å². The van der Waals surface area contributed by atoms with Crippen LogP contribution in [0, 0.1) is 11.3 Å². The predicted molar refractivity (Wildman–Crippen MR) is 101 cm³/mol. The van der Waals surface area contributed by atoms with E-state index in [0.717, 1.165) is 25.9 Å². The maximum Gasteiger partial charge on any atom is 0.319 e. The van der Waals surface area contributed by atoms with Gasteiger partial charge < -0.3 is 20.3 Å². The first kappa shape index (κ1) is 18.3. The number of benzene rings is 2. The molecule has 7 nitrogen and oxygen atoms in total. The molecule has 0 aliphatic carbocycles. The number of nitrogens with one attached hydrogen (secondary N) is 2. The number of nitriles is 1. The smallest absolute Gasteiger partial charge is 0.319 e. The highest BCUT2D eigenvalue weighted by Gasteiger charge is 2.18. The number of likely N-dealkylation sites (tertiary alicyclic amines) is 1. The zero-order valence-electron chi connectivity index (χ0n) is 14.8. The van der Waals surface area contributed by atoms with Gasteiger partial charge in [-0.3, -0.25) is 4.79 Å². The lowest BCUT2D eigenvalue weighted by molar-refractivity contribution is -0.128. The highest BCUT2D eigenvalue weighted by atomic mass is 16.5. The molecule has 0 radical (unpaired) electrons. The van der Waals surface area contributed by atoms with Crippen LogP contribution in [0.4, 0.5) is 10.5 Å². The minimum atomic E-state index is -0.439. The van der Waals surface area contributed by atoms with Gasteiger partial charge in [0.25, 0.3) is 0 Å². The molecule has 3 amide bonds. The maximum absolute atomic E-state index is 11.9. The third-order valence-electron chi connectivity index (χ3n) is 4.21. The number of carbonyl (C=O) groups excluding carboxylic acids is 2. The number of nitrogens with zero attached hydrogens (tertiary/aromatic N) is 2. The van der Waals surface area contributed by atoms with Crippen molar-refractivity contribution in [3.8, 4) is 17.6 Å². The summed E-state index contributed by atoms with van der Waals surface area (Å²) >= 11 is 0. The lowest BCUT2D eigenvalue weighted by Crippen LogP contribution is -2.40. The minimum Gasteiger partial charge on any atom is -0.456 e. The average Bonchev–Trinajstić information content (AvgIpc) is 3.23. The Hall–Kier alpha value is -3.53. The van der Waals surface area contributed by atoms with E-state index in [4.69, 9.17) is 10.00 Å². The van der Waals surface area contributed by atoms with E-state index in [9.17, 15) is 9.59 Å². The molecule has 2 aromatic carbocycles. The van der Waals surface area contributed by atoms with Gasteiger partial charge in [-0.2, -0.15) is 5.26 Å². The zero-order valence-corrected chi connectivity index (χ0v) is 14.8. The molecule has 27 heavy (non-hydrogen) atoms. The van der Waals surface area contributed by atoms with E-state index < -0.39 is 6.03 Å². The van der Waals surface area contributed by atoms with Crippen LogP contribution in [0.25, 0.3) is 0 Å². The van der Waals surface area contributed by atoms with Crippen LogP contribution < -0.4 is 15.4 Å². The van der Waals surface area contributed by atoms with Crippen LogP contribution in [-0.2, 0) is 4.79 Å². The van der Waals surface area contributed by atoms with Crippen LogP contribution >= 0.6 is 0 Å². The zero-order chi connectivity index (χ0) is 19.1. The molecule has 2 N–H and O–H groups in total. The number of para-hydroxylation sites is 1. The highest BCUT2D eigenvalue weighted by Crippen LogP contribution is 2.25. The van der Waals surface area contributed by atoms with Crippen molar-refractivity contribution in [3.63, 3.8) is 0 Å². The second-order valence-corrected chi connectivity index (χ2v) is 6.13. The molecule has 138 valence electrons. The Labute approximate surface area is 157 Å². The molecular weight excluding hydrogens is 344 g/mol. The molecule has 7 heteroatoms. The van der Waals surface area contributed by atoms with E-state index in [1.807, 2.05) is 0 Å². The Morgan fingerprint density at radius 1 is 1.07 bits per heavy atom. The van der Waals surface area contributed by atoms with E-state index in [2.05, 4.69) is 16.7 Å².